The van der Waals surface area contributed by atoms with Crippen molar-refractivity contribution in [3.63, 3.8) is 0 Å². The lowest BCUT2D eigenvalue weighted by atomic mass is 10.1. The van der Waals surface area contributed by atoms with Crippen LogP contribution in [0.25, 0.3) is 0 Å². The summed E-state index contributed by atoms with van der Waals surface area (Å²) in [5.74, 6) is 0. The van der Waals surface area contributed by atoms with Crippen molar-refractivity contribution < 1.29 is 0 Å². The molecule has 0 spiro atoms. The molecule has 0 bridgehead atoms. The molecule has 12 heavy (non-hydrogen) atoms. The summed E-state index contributed by atoms with van der Waals surface area (Å²) in [6, 6.07) is 0.382. The van der Waals surface area contributed by atoms with E-state index >= 15 is 0 Å². The van der Waals surface area contributed by atoms with Gasteiger partial charge in [0.2, 0.25) is 4.77 Å². The summed E-state index contributed by atoms with van der Waals surface area (Å²) in [5, 5.41) is 10.1. The van der Waals surface area contributed by atoms with E-state index in [0.717, 1.165) is 6.42 Å². The molecule has 0 aromatic carbocycles. The molecule has 1 aromatic rings. The first kappa shape index (κ1) is 9.38. The van der Waals surface area contributed by atoms with Gasteiger partial charge >= 0.3 is 0 Å². The average molecular weight is 186 g/mol. The number of nitrogens with one attached hydrogen (secondary N) is 1. The standard InChI is InChI=1S/C7H14N4S/c1-3-4-5-6(2)11-7(12)8-9-10-11/h6H,3-5H2,1-2H3,(H,8,10,12). The zero-order chi connectivity index (χ0) is 8.97. The van der Waals surface area contributed by atoms with E-state index < -0.39 is 0 Å². The number of rotatable bonds is 4. The fourth-order valence-electron chi connectivity index (χ4n) is 1.12. The van der Waals surface area contributed by atoms with Gasteiger partial charge < -0.3 is 0 Å². The molecule has 1 rings (SSSR count). The minimum absolute atomic E-state index is 0.382. The lowest BCUT2D eigenvalue weighted by molar-refractivity contribution is 0.429. The van der Waals surface area contributed by atoms with Crippen LogP contribution in [0.4, 0.5) is 0 Å². The van der Waals surface area contributed by atoms with Gasteiger partial charge in [-0.25, -0.2) is 4.68 Å². The molecule has 1 unspecified atom stereocenters. The Morgan fingerprint density at radius 1 is 1.67 bits per heavy atom. The quantitative estimate of drug-likeness (QED) is 0.732. The van der Waals surface area contributed by atoms with E-state index in [2.05, 4.69) is 29.4 Å². The molecule has 1 aromatic heterocycles. The highest BCUT2D eigenvalue weighted by atomic mass is 32.1. The summed E-state index contributed by atoms with van der Waals surface area (Å²) in [6.45, 7) is 4.29. The van der Waals surface area contributed by atoms with Crippen LogP contribution in [0.3, 0.4) is 0 Å². The molecule has 1 N–H and O–H groups in total. The van der Waals surface area contributed by atoms with Crippen molar-refractivity contribution in [3.8, 4) is 0 Å². The summed E-state index contributed by atoms with van der Waals surface area (Å²) < 4.78 is 2.36. The largest absolute Gasteiger partial charge is 0.240 e. The predicted molar refractivity (Wildman–Crippen MR) is 49.4 cm³/mol. The molecule has 1 atom stereocenters. The number of H-pyrrole nitrogens is 1. The first-order chi connectivity index (χ1) is 5.75. The number of tetrazole rings is 1. The Balaban J connectivity index is 2.59. The van der Waals surface area contributed by atoms with E-state index in [4.69, 9.17) is 12.2 Å². The lowest BCUT2D eigenvalue weighted by Gasteiger charge is -2.09. The fraction of sp³-hybridized carbons (Fsp3) is 0.857. The second-order valence-corrected chi connectivity index (χ2v) is 3.31. The van der Waals surface area contributed by atoms with Crippen LogP contribution in [0.5, 0.6) is 0 Å². The van der Waals surface area contributed by atoms with Gasteiger partial charge in [0.15, 0.2) is 0 Å². The zero-order valence-corrected chi connectivity index (χ0v) is 8.27. The van der Waals surface area contributed by atoms with Crippen LogP contribution in [0.2, 0.25) is 0 Å². The maximum atomic E-state index is 4.97. The second kappa shape index (κ2) is 4.35. The van der Waals surface area contributed by atoms with Crippen molar-refractivity contribution >= 4 is 12.2 Å². The Bertz CT molecular complexity index is 277. The normalized spacial score (nSPS) is 13.2. The highest BCUT2D eigenvalue weighted by Gasteiger charge is 2.05. The molecule has 0 aliphatic carbocycles. The minimum atomic E-state index is 0.382. The zero-order valence-electron chi connectivity index (χ0n) is 7.45. The van der Waals surface area contributed by atoms with Crippen molar-refractivity contribution in [3.05, 3.63) is 4.77 Å². The molecule has 0 amide bonds. The van der Waals surface area contributed by atoms with Gasteiger partial charge in [-0.05, 0) is 25.6 Å². The number of unbranched alkanes of at least 4 members (excludes halogenated alkanes) is 1. The van der Waals surface area contributed by atoms with E-state index in [1.54, 1.807) is 0 Å². The van der Waals surface area contributed by atoms with Gasteiger partial charge in [0.05, 0.1) is 6.04 Å². The number of hydrogen-bond donors (Lipinski definition) is 1. The van der Waals surface area contributed by atoms with Crippen molar-refractivity contribution in [1.29, 1.82) is 0 Å². The third-order valence-electron chi connectivity index (χ3n) is 1.91. The van der Waals surface area contributed by atoms with Gasteiger partial charge in [-0.1, -0.05) is 30.1 Å². The van der Waals surface area contributed by atoms with Crippen LogP contribution in [-0.4, -0.2) is 20.2 Å². The predicted octanol–water partition coefficient (Wildman–Crippen LogP) is 2.09. The Morgan fingerprint density at radius 3 is 2.92 bits per heavy atom. The van der Waals surface area contributed by atoms with Crippen molar-refractivity contribution in [2.75, 3.05) is 0 Å². The van der Waals surface area contributed by atoms with Crippen molar-refractivity contribution in [2.45, 2.75) is 39.2 Å². The average Bonchev–Trinajstić information content (AvgIpc) is 2.47. The molecule has 4 nitrogen and oxygen atoms in total. The molecule has 1 heterocycles. The summed E-state index contributed by atoms with van der Waals surface area (Å²) in [5.41, 5.74) is 0. The minimum Gasteiger partial charge on any atom is -0.240 e. The van der Waals surface area contributed by atoms with E-state index in [0.29, 0.717) is 10.8 Å². The Hall–Kier alpha value is -0.710. The van der Waals surface area contributed by atoms with E-state index in [-0.39, 0.29) is 0 Å². The fourth-order valence-corrected chi connectivity index (χ4v) is 1.38. The molecule has 0 aliphatic heterocycles. The molecule has 0 radical (unpaired) electrons. The molecule has 5 heteroatoms. The SMILES string of the molecule is CCCCC(C)n1[nH]nnc1=S. The third kappa shape index (κ3) is 2.14. The van der Waals surface area contributed by atoms with Gasteiger partial charge in [0, 0.05) is 0 Å². The van der Waals surface area contributed by atoms with Gasteiger partial charge in [-0.3, -0.25) is 0 Å². The topological polar surface area (TPSA) is 46.5 Å². The summed E-state index contributed by atoms with van der Waals surface area (Å²) in [7, 11) is 0. The van der Waals surface area contributed by atoms with Crippen LogP contribution in [0.1, 0.15) is 39.2 Å². The van der Waals surface area contributed by atoms with E-state index in [1.165, 1.54) is 12.8 Å². The van der Waals surface area contributed by atoms with Gasteiger partial charge in [0.25, 0.3) is 0 Å². The molecular formula is C7H14N4S. The highest BCUT2D eigenvalue weighted by Crippen LogP contribution is 2.11. The third-order valence-corrected chi connectivity index (χ3v) is 2.19. The van der Waals surface area contributed by atoms with Gasteiger partial charge in [-0.15, -0.1) is 0 Å². The number of aromatic nitrogens is 4. The van der Waals surface area contributed by atoms with Gasteiger partial charge in [-0.2, -0.15) is 5.21 Å². The Labute approximate surface area is 77.0 Å². The van der Waals surface area contributed by atoms with E-state index in [9.17, 15) is 0 Å². The van der Waals surface area contributed by atoms with Gasteiger partial charge in [0.1, 0.15) is 0 Å². The van der Waals surface area contributed by atoms with E-state index in [1.807, 2.05) is 4.68 Å². The Morgan fingerprint density at radius 2 is 2.42 bits per heavy atom. The monoisotopic (exact) mass is 186 g/mol. The first-order valence-electron chi connectivity index (χ1n) is 4.25. The molecule has 68 valence electrons. The first-order valence-corrected chi connectivity index (χ1v) is 4.66. The van der Waals surface area contributed by atoms with Crippen molar-refractivity contribution in [2.24, 2.45) is 0 Å². The maximum absolute atomic E-state index is 4.97. The van der Waals surface area contributed by atoms with Crippen molar-refractivity contribution in [1.82, 2.24) is 20.2 Å². The van der Waals surface area contributed by atoms with Crippen LogP contribution in [0.15, 0.2) is 0 Å². The number of aromatic amines is 1. The van der Waals surface area contributed by atoms with Crippen LogP contribution < -0.4 is 0 Å². The van der Waals surface area contributed by atoms with Crippen LogP contribution in [-0.2, 0) is 0 Å². The Kier molecular flexibility index (Phi) is 3.40. The number of nitrogens with zero attached hydrogens (tertiary/aromatic N) is 3. The molecular weight excluding hydrogens is 172 g/mol. The summed E-state index contributed by atoms with van der Waals surface area (Å²) >= 11 is 4.97. The molecule has 0 saturated carbocycles. The van der Waals surface area contributed by atoms with Crippen LogP contribution >= 0.6 is 12.2 Å². The van der Waals surface area contributed by atoms with Crippen LogP contribution in [0, 0.1) is 4.77 Å². The summed E-state index contributed by atoms with van der Waals surface area (Å²) in [4.78, 5) is 0. The highest BCUT2D eigenvalue weighted by molar-refractivity contribution is 7.71. The smallest absolute Gasteiger partial charge is 0.238 e. The molecule has 0 fully saturated rings. The molecule has 0 saturated heterocycles. The number of hydrogen-bond acceptors (Lipinski definition) is 3. The maximum Gasteiger partial charge on any atom is 0.238 e. The second-order valence-electron chi connectivity index (χ2n) is 2.94. The molecule has 0 aliphatic rings. The lowest BCUT2D eigenvalue weighted by Crippen LogP contribution is -2.07. The summed E-state index contributed by atoms with van der Waals surface area (Å²) in [6.07, 6.45) is 3.54.